The van der Waals surface area contributed by atoms with Crippen molar-refractivity contribution < 1.29 is 4.79 Å². The van der Waals surface area contributed by atoms with Gasteiger partial charge in [-0.15, -0.1) is 0 Å². The maximum absolute atomic E-state index is 12.1. The second kappa shape index (κ2) is 5.48. The predicted octanol–water partition coefficient (Wildman–Crippen LogP) is 1.55. The Morgan fingerprint density at radius 3 is 3.00 bits per heavy atom. The third kappa shape index (κ3) is 2.64. The Balaban J connectivity index is 1.88. The second-order valence-corrected chi connectivity index (χ2v) is 4.92. The zero-order valence-electron chi connectivity index (χ0n) is 10.1. The third-order valence-electron chi connectivity index (χ3n) is 3.74. The first-order valence-corrected chi connectivity index (χ1v) is 6.42. The van der Waals surface area contributed by atoms with Crippen LogP contribution in [0, 0.1) is 5.92 Å². The minimum Gasteiger partial charge on any atom is -0.341 e. The smallest absolute Gasteiger partial charge is 0.239 e. The number of amides is 1. The van der Waals surface area contributed by atoms with Gasteiger partial charge in [0.05, 0.1) is 6.04 Å². The minimum atomic E-state index is 0.0629. The van der Waals surface area contributed by atoms with Crippen molar-refractivity contribution in [3.8, 4) is 0 Å². The SMILES string of the molecule is CNC1CCCN(CC2CC=CCC2)C1=O. The molecule has 0 radical (unpaired) electrons. The van der Waals surface area contributed by atoms with Crippen molar-refractivity contribution in [2.75, 3.05) is 20.1 Å². The first kappa shape index (κ1) is 11.6. The monoisotopic (exact) mass is 222 g/mol. The van der Waals surface area contributed by atoms with Gasteiger partial charge >= 0.3 is 0 Å². The Labute approximate surface area is 97.9 Å². The van der Waals surface area contributed by atoms with E-state index in [4.69, 9.17) is 0 Å². The summed E-state index contributed by atoms with van der Waals surface area (Å²) in [5.74, 6) is 0.993. The van der Waals surface area contributed by atoms with E-state index in [0.29, 0.717) is 11.8 Å². The molecule has 1 heterocycles. The number of carbonyl (C=O) groups is 1. The fourth-order valence-electron chi connectivity index (χ4n) is 2.72. The molecule has 1 fully saturated rings. The largest absolute Gasteiger partial charge is 0.341 e. The standard InChI is InChI=1S/C13H22N2O/c1-14-12-8-5-9-15(13(12)16)10-11-6-3-2-4-7-11/h2-3,11-12,14H,4-10H2,1H3. The summed E-state index contributed by atoms with van der Waals surface area (Å²) >= 11 is 0. The van der Waals surface area contributed by atoms with Crippen LogP contribution in [0.5, 0.6) is 0 Å². The molecule has 16 heavy (non-hydrogen) atoms. The van der Waals surface area contributed by atoms with Gasteiger partial charge in [0.2, 0.25) is 5.91 Å². The number of nitrogens with one attached hydrogen (secondary N) is 1. The van der Waals surface area contributed by atoms with Gasteiger partial charge in [-0.2, -0.15) is 0 Å². The Morgan fingerprint density at radius 1 is 1.44 bits per heavy atom. The first-order valence-electron chi connectivity index (χ1n) is 6.42. The van der Waals surface area contributed by atoms with Gasteiger partial charge in [0.25, 0.3) is 0 Å². The highest BCUT2D eigenvalue weighted by molar-refractivity contribution is 5.82. The lowest BCUT2D eigenvalue weighted by Gasteiger charge is -2.35. The van der Waals surface area contributed by atoms with Crippen LogP contribution in [-0.4, -0.2) is 37.0 Å². The fourth-order valence-corrected chi connectivity index (χ4v) is 2.72. The Morgan fingerprint density at radius 2 is 2.31 bits per heavy atom. The molecule has 1 amide bonds. The summed E-state index contributed by atoms with van der Waals surface area (Å²) in [5.41, 5.74) is 0. The molecule has 1 N–H and O–H groups in total. The molecule has 0 spiro atoms. The molecule has 2 aliphatic rings. The Hall–Kier alpha value is -0.830. The third-order valence-corrected chi connectivity index (χ3v) is 3.74. The normalized spacial score (nSPS) is 30.8. The molecule has 0 aromatic rings. The van der Waals surface area contributed by atoms with E-state index in [1.807, 2.05) is 7.05 Å². The van der Waals surface area contributed by atoms with Gasteiger partial charge in [-0.1, -0.05) is 12.2 Å². The quantitative estimate of drug-likeness (QED) is 0.735. The van der Waals surface area contributed by atoms with E-state index >= 15 is 0 Å². The van der Waals surface area contributed by atoms with Crippen LogP contribution in [-0.2, 0) is 4.79 Å². The van der Waals surface area contributed by atoms with E-state index in [-0.39, 0.29) is 6.04 Å². The topological polar surface area (TPSA) is 32.3 Å². The zero-order chi connectivity index (χ0) is 11.4. The van der Waals surface area contributed by atoms with Crippen molar-refractivity contribution in [3.05, 3.63) is 12.2 Å². The van der Waals surface area contributed by atoms with E-state index in [1.54, 1.807) is 0 Å². The first-order chi connectivity index (χ1) is 7.81. The van der Waals surface area contributed by atoms with Crippen LogP contribution in [0.2, 0.25) is 0 Å². The molecule has 2 atom stereocenters. The number of rotatable bonds is 3. The average molecular weight is 222 g/mol. The molecule has 0 aromatic heterocycles. The van der Waals surface area contributed by atoms with Crippen molar-refractivity contribution in [3.63, 3.8) is 0 Å². The van der Waals surface area contributed by atoms with E-state index in [9.17, 15) is 4.79 Å². The molecule has 1 aliphatic carbocycles. The molecule has 0 aromatic carbocycles. The van der Waals surface area contributed by atoms with Gasteiger partial charge in [-0.3, -0.25) is 4.79 Å². The number of likely N-dealkylation sites (tertiary alicyclic amines) is 1. The lowest BCUT2D eigenvalue weighted by atomic mass is 9.93. The van der Waals surface area contributed by atoms with Crippen LogP contribution in [0.1, 0.15) is 32.1 Å². The van der Waals surface area contributed by atoms with Crippen molar-refractivity contribution in [2.24, 2.45) is 5.92 Å². The number of likely N-dealkylation sites (N-methyl/N-ethyl adjacent to an activating group) is 1. The molecule has 2 unspecified atom stereocenters. The van der Waals surface area contributed by atoms with Gasteiger partial charge in [-0.05, 0) is 45.1 Å². The van der Waals surface area contributed by atoms with E-state index in [2.05, 4.69) is 22.4 Å². The number of carbonyl (C=O) groups excluding carboxylic acids is 1. The second-order valence-electron chi connectivity index (χ2n) is 4.92. The van der Waals surface area contributed by atoms with Crippen molar-refractivity contribution in [1.29, 1.82) is 0 Å². The van der Waals surface area contributed by atoms with Gasteiger partial charge in [0.15, 0.2) is 0 Å². The summed E-state index contributed by atoms with van der Waals surface area (Å²) in [6.07, 6.45) is 10.2. The van der Waals surface area contributed by atoms with Crippen LogP contribution in [0.4, 0.5) is 0 Å². The van der Waals surface area contributed by atoms with Crippen molar-refractivity contribution in [2.45, 2.75) is 38.1 Å². The van der Waals surface area contributed by atoms with E-state index in [1.165, 1.54) is 12.8 Å². The maximum atomic E-state index is 12.1. The minimum absolute atomic E-state index is 0.0629. The van der Waals surface area contributed by atoms with Crippen LogP contribution in [0.3, 0.4) is 0 Å². The molecule has 0 bridgehead atoms. The van der Waals surface area contributed by atoms with Crippen molar-refractivity contribution >= 4 is 5.91 Å². The molecule has 0 saturated carbocycles. The summed E-state index contributed by atoms with van der Waals surface area (Å²) in [6, 6.07) is 0.0629. The summed E-state index contributed by atoms with van der Waals surface area (Å²) < 4.78 is 0. The predicted molar refractivity (Wildman–Crippen MR) is 65.1 cm³/mol. The summed E-state index contributed by atoms with van der Waals surface area (Å²) in [7, 11) is 1.88. The lowest BCUT2D eigenvalue weighted by molar-refractivity contribution is -0.136. The van der Waals surface area contributed by atoms with Crippen molar-refractivity contribution in [1.82, 2.24) is 10.2 Å². The highest BCUT2D eigenvalue weighted by Crippen LogP contribution is 2.21. The molecular formula is C13H22N2O. The number of piperidine rings is 1. The number of hydrogen-bond donors (Lipinski definition) is 1. The molecule has 2 rings (SSSR count). The zero-order valence-corrected chi connectivity index (χ0v) is 10.1. The van der Waals surface area contributed by atoms with Crippen LogP contribution in [0.25, 0.3) is 0 Å². The summed E-state index contributed by atoms with van der Waals surface area (Å²) in [4.78, 5) is 14.1. The average Bonchev–Trinajstić information content (AvgIpc) is 2.33. The molecular weight excluding hydrogens is 200 g/mol. The highest BCUT2D eigenvalue weighted by atomic mass is 16.2. The van der Waals surface area contributed by atoms with Gasteiger partial charge < -0.3 is 10.2 Å². The molecule has 90 valence electrons. The Kier molecular flexibility index (Phi) is 3.99. The Bertz CT molecular complexity index is 275. The number of hydrogen-bond acceptors (Lipinski definition) is 2. The van der Waals surface area contributed by atoms with Gasteiger partial charge in [-0.25, -0.2) is 0 Å². The lowest BCUT2D eigenvalue weighted by Crippen LogP contribution is -2.50. The van der Waals surface area contributed by atoms with Crippen LogP contribution in [0.15, 0.2) is 12.2 Å². The van der Waals surface area contributed by atoms with Gasteiger partial charge in [0, 0.05) is 13.1 Å². The fraction of sp³-hybridized carbons (Fsp3) is 0.769. The number of allylic oxidation sites excluding steroid dienone is 2. The van der Waals surface area contributed by atoms with E-state index in [0.717, 1.165) is 32.4 Å². The summed E-state index contributed by atoms with van der Waals surface area (Å²) in [6.45, 7) is 1.92. The molecule has 1 aliphatic heterocycles. The molecule has 1 saturated heterocycles. The maximum Gasteiger partial charge on any atom is 0.239 e. The highest BCUT2D eigenvalue weighted by Gasteiger charge is 2.28. The van der Waals surface area contributed by atoms with Crippen LogP contribution < -0.4 is 5.32 Å². The molecule has 3 heteroatoms. The number of nitrogens with zero attached hydrogens (tertiary/aromatic N) is 1. The van der Waals surface area contributed by atoms with Crippen LogP contribution >= 0.6 is 0 Å². The molecule has 3 nitrogen and oxygen atoms in total. The van der Waals surface area contributed by atoms with Gasteiger partial charge in [0.1, 0.15) is 0 Å². The van der Waals surface area contributed by atoms with E-state index < -0.39 is 0 Å². The summed E-state index contributed by atoms with van der Waals surface area (Å²) in [5, 5.41) is 3.12.